The molecule has 7 heteroatoms. The zero-order chi connectivity index (χ0) is 22.3. The molecule has 1 aromatic rings. The van der Waals surface area contributed by atoms with E-state index >= 15 is 0 Å². The van der Waals surface area contributed by atoms with Gasteiger partial charge in [0.25, 0.3) is 5.91 Å². The van der Waals surface area contributed by atoms with Crippen LogP contribution in [0.1, 0.15) is 48.9 Å². The maximum Gasteiger partial charge on any atom is 0.257 e. The molecular formula is C25H39N3O4. The topological polar surface area (TPSA) is 54.5 Å². The summed E-state index contributed by atoms with van der Waals surface area (Å²) in [5, 5.41) is 0. The van der Waals surface area contributed by atoms with Crippen molar-refractivity contribution < 1.29 is 19.0 Å². The molecule has 0 spiro atoms. The number of ether oxygens (including phenoxy) is 3. The lowest BCUT2D eigenvalue weighted by Gasteiger charge is -2.36. The van der Waals surface area contributed by atoms with E-state index in [0.29, 0.717) is 23.6 Å². The number of likely N-dealkylation sites (N-methyl/N-ethyl adjacent to an activating group) is 1. The Kier molecular flexibility index (Phi) is 8.27. The zero-order valence-electron chi connectivity index (χ0n) is 19.8. The van der Waals surface area contributed by atoms with E-state index in [1.807, 2.05) is 25.2 Å². The summed E-state index contributed by atoms with van der Waals surface area (Å²) in [5.74, 6) is 1.34. The third-order valence-electron chi connectivity index (χ3n) is 7.23. The molecule has 2 aliphatic heterocycles. The van der Waals surface area contributed by atoms with Crippen LogP contribution in [0.15, 0.2) is 18.2 Å². The van der Waals surface area contributed by atoms with Gasteiger partial charge in [0.15, 0.2) is 0 Å². The summed E-state index contributed by atoms with van der Waals surface area (Å²) >= 11 is 0. The van der Waals surface area contributed by atoms with Crippen LogP contribution in [0, 0.1) is 0 Å². The number of methoxy groups -OCH3 is 1. The predicted octanol–water partition coefficient (Wildman–Crippen LogP) is 2.89. The smallest absolute Gasteiger partial charge is 0.257 e. The van der Waals surface area contributed by atoms with Crippen LogP contribution in [0.4, 0.5) is 0 Å². The van der Waals surface area contributed by atoms with E-state index in [2.05, 4.69) is 9.80 Å². The van der Waals surface area contributed by atoms with E-state index in [1.54, 1.807) is 12.0 Å². The lowest BCUT2D eigenvalue weighted by atomic mass is 10.0. The van der Waals surface area contributed by atoms with Gasteiger partial charge in [-0.2, -0.15) is 0 Å². The van der Waals surface area contributed by atoms with Crippen LogP contribution in [0.5, 0.6) is 11.5 Å². The molecule has 1 aliphatic carbocycles. The Morgan fingerprint density at radius 1 is 1.09 bits per heavy atom. The highest BCUT2D eigenvalue weighted by molar-refractivity contribution is 5.97. The Hall–Kier alpha value is -1.83. The summed E-state index contributed by atoms with van der Waals surface area (Å²) in [5.41, 5.74) is 0.590. The van der Waals surface area contributed by atoms with Gasteiger partial charge in [-0.15, -0.1) is 0 Å². The van der Waals surface area contributed by atoms with Crippen molar-refractivity contribution in [3.63, 3.8) is 0 Å². The van der Waals surface area contributed by atoms with Gasteiger partial charge in [-0.25, -0.2) is 0 Å². The second-order valence-electron chi connectivity index (χ2n) is 9.33. The Labute approximate surface area is 192 Å². The number of rotatable bonds is 8. The SMILES string of the molecule is COc1ccc(OC2CCN(C3CCCC3)CC2)c(C(=O)N(C)CCN2CCOCC2)c1. The molecule has 0 atom stereocenters. The molecule has 2 saturated heterocycles. The summed E-state index contributed by atoms with van der Waals surface area (Å²) in [6.45, 7) is 7.10. The molecule has 1 aromatic carbocycles. The predicted molar refractivity (Wildman–Crippen MR) is 125 cm³/mol. The van der Waals surface area contributed by atoms with E-state index in [-0.39, 0.29) is 12.0 Å². The van der Waals surface area contributed by atoms with Crippen molar-refractivity contribution >= 4 is 5.91 Å². The van der Waals surface area contributed by atoms with E-state index < -0.39 is 0 Å². The lowest BCUT2D eigenvalue weighted by Crippen LogP contribution is -2.43. The van der Waals surface area contributed by atoms with Gasteiger partial charge in [-0.3, -0.25) is 9.69 Å². The summed E-state index contributed by atoms with van der Waals surface area (Å²) in [6.07, 6.45) is 7.63. The Bertz CT molecular complexity index is 739. The Morgan fingerprint density at radius 3 is 2.50 bits per heavy atom. The van der Waals surface area contributed by atoms with Crippen LogP contribution in [0.3, 0.4) is 0 Å². The summed E-state index contributed by atoms with van der Waals surface area (Å²) in [7, 11) is 3.50. The quantitative estimate of drug-likeness (QED) is 0.613. The average Bonchev–Trinajstić information content (AvgIpc) is 3.38. The molecule has 0 aromatic heterocycles. The largest absolute Gasteiger partial charge is 0.497 e. The molecule has 178 valence electrons. The third-order valence-corrected chi connectivity index (χ3v) is 7.23. The first kappa shape index (κ1) is 23.3. The fraction of sp³-hybridized carbons (Fsp3) is 0.720. The third kappa shape index (κ3) is 5.94. The molecule has 4 rings (SSSR count). The van der Waals surface area contributed by atoms with Crippen LogP contribution >= 0.6 is 0 Å². The lowest BCUT2D eigenvalue weighted by molar-refractivity contribution is 0.0337. The molecule has 3 fully saturated rings. The zero-order valence-corrected chi connectivity index (χ0v) is 19.8. The molecule has 2 heterocycles. The number of hydrogen-bond acceptors (Lipinski definition) is 6. The van der Waals surface area contributed by atoms with Crippen LogP contribution in [0.25, 0.3) is 0 Å². The van der Waals surface area contributed by atoms with Gasteiger partial charge in [0.05, 0.1) is 25.9 Å². The number of nitrogens with zero attached hydrogens (tertiary/aromatic N) is 3. The fourth-order valence-corrected chi connectivity index (χ4v) is 5.14. The Morgan fingerprint density at radius 2 is 1.81 bits per heavy atom. The molecule has 0 radical (unpaired) electrons. The van der Waals surface area contributed by atoms with Gasteiger partial charge < -0.3 is 24.0 Å². The first-order valence-electron chi connectivity index (χ1n) is 12.3. The molecule has 0 bridgehead atoms. The van der Waals surface area contributed by atoms with Crippen molar-refractivity contribution in [3.8, 4) is 11.5 Å². The number of benzene rings is 1. The van der Waals surface area contributed by atoms with Crippen LogP contribution in [0.2, 0.25) is 0 Å². The molecule has 1 amide bonds. The highest BCUT2D eigenvalue weighted by atomic mass is 16.5. The highest BCUT2D eigenvalue weighted by Gasteiger charge is 2.29. The molecule has 0 unspecified atom stereocenters. The van der Waals surface area contributed by atoms with E-state index in [9.17, 15) is 4.79 Å². The summed E-state index contributed by atoms with van der Waals surface area (Å²) in [6, 6.07) is 6.36. The number of piperidine rings is 1. The van der Waals surface area contributed by atoms with Crippen molar-refractivity contribution in [2.45, 2.75) is 50.7 Å². The molecule has 1 saturated carbocycles. The van der Waals surface area contributed by atoms with E-state index in [1.165, 1.54) is 25.7 Å². The number of likely N-dealkylation sites (tertiary alicyclic amines) is 1. The minimum absolute atomic E-state index is 0.0180. The minimum atomic E-state index is -0.0180. The molecular weight excluding hydrogens is 406 g/mol. The molecule has 7 nitrogen and oxygen atoms in total. The van der Waals surface area contributed by atoms with E-state index in [4.69, 9.17) is 14.2 Å². The van der Waals surface area contributed by atoms with Gasteiger partial charge in [0.2, 0.25) is 0 Å². The van der Waals surface area contributed by atoms with Crippen molar-refractivity contribution in [1.29, 1.82) is 0 Å². The van der Waals surface area contributed by atoms with Crippen LogP contribution in [-0.2, 0) is 4.74 Å². The van der Waals surface area contributed by atoms with Gasteiger partial charge in [0.1, 0.15) is 17.6 Å². The summed E-state index contributed by atoms with van der Waals surface area (Å²) < 4.78 is 17.2. The average molecular weight is 446 g/mol. The van der Waals surface area contributed by atoms with Crippen LogP contribution < -0.4 is 9.47 Å². The maximum atomic E-state index is 13.3. The number of morpholine rings is 1. The van der Waals surface area contributed by atoms with Gasteiger partial charge >= 0.3 is 0 Å². The van der Waals surface area contributed by atoms with E-state index in [0.717, 1.165) is 64.8 Å². The van der Waals surface area contributed by atoms with Crippen molar-refractivity contribution in [2.24, 2.45) is 0 Å². The second-order valence-corrected chi connectivity index (χ2v) is 9.33. The number of hydrogen-bond donors (Lipinski definition) is 0. The minimum Gasteiger partial charge on any atom is -0.497 e. The normalized spacial score (nSPS) is 21.6. The van der Waals surface area contributed by atoms with Gasteiger partial charge in [-0.05, 0) is 43.9 Å². The van der Waals surface area contributed by atoms with Gasteiger partial charge in [-0.1, -0.05) is 12.8 Å². The number of carbonyl (C=O) groups excluding carboxylic acids is 1. The number of amides is 1. The first-order valence-corrected chi connectivity index (χ1v) is 12.3. The first-order chi connectivity index (χ1) is 15.6. The summed E-state index contributed by atoms with van der Waals surface area (Å²) in [4.78, 5) is 20.1. The second kappa shape index (κ2) is 11.3. The van der Waals surface area contributed by atoms with Crippen molar-refractivity contribution in [1.82, 2.24) is 14.7 Å². The highest BCUT2D eigenvalue weighted by Crippen LogP contribution is 2.30. The molecule has 32 heavy (non-hydrogen) atoms. The standard InChI is InChI=1S/C25H39N3O4/c1-26(13-14-27-15-17-31-18-16-27)25(29)23-19-22(30-2)7-8-24(23)32-21-9-11-28(12-10-21)20-5-3-4-6-20/h7-8,19-21H,3-6,9-18H2,1-2H3. The Balaban J connectivity index is 1.36. The van der Waals surface area contributed by atoms with Crippen molar-refractivity contribution in [3.05, 3.63) is 23.8 Å². The fourth-order valence-electron chi connectivity index (χ4n) is 5.14. The maximum absolute atomic E-state index is 13.3. The van der Waals surface area contributed by atoms with Gasteiger partial charge in [0, 0.05) is 52.4 Å². The monoisotopic (exact) mass is 445 g/mol. The number of carbonyl (C=O) groups is 1. The molecule has 3 aliphatic rings. The molecule has 0 N–H and O–H groups in total. The van der Waals surface area contributed by atoms with Crippen LogP contribution in [-0.4, -0.2) is 99.4 Å². The van der Waals surface area contributed by atoms with Crippen molar-refractivity contribution in [2.75, 3.05) is 66.6 Å².